The number of phenols is 1. The number of nitrogens with one attached hydrogen (secondary N) is 1. The molecule has 0 saturated heterocycles. The molecule has 0 amide bonds. The first-order chi connectivity index (χ1) is 18.2. The summed E-state index contributed by atoms with van der Waals surface area (Å²) in [5.41, 5.74) is 2.16. The third-order valence-corrected chi connectivity index (χ3v) is 6.46. The van der Waals surface area contributed by atoms with Crippen molar-refractivity contribution in [1.82, 2.24) is 5.32 Å². The lowest BCUT2D eigenvalue weighted by Crippen LogP contribution is -2.54. The number of phenolic OH excluding ortho intramolecular Hbond substituents is 1. The van der Waals surface area contributed by atoms with E-state index in [4.69, 9.17) is 4.74 Å². The molecule has 196 valence electrons. The first kappa shape index (κ1) is 27.1. The van der Waals surface area contributed by atoms with Gasteiger partial charge < -0.3 is 9.84 Å². The van der Waals surface area contributed by atoms with Crippen molar-refractivity contribution in [3.63, 3.8) is 0 Å². The van der Waals surface area contributed by atoms with Crippen LogP contribution < -0.4 is 5.32 Å². The first-order valence-corrected chi connectivity index (χ1v) is 12.8. The molecule has 0 aliphatic rings. The second kappa shape index (κ2) is 11.6. The molecule has 4 aromatic carbocycles. The summed E-state index contributed by atoms with van der Waals surface area (Å²) in [6.45, 7) is 4.73. The maximum Gasteiger partial charge on any atom is 0.324 e. The lowest BCUT2D eigenvalue weighted by atomic mass is 9.76. The Labute approximate surface area is 224 Å². The summed E-state index contributed by atoms with van der Waals surface area (Å²) in [5.74, 6) is -0.460. The van der Waals surface area contributed by atoms with Crippen molar-refractivity contribution in [1.29, 1.82) is 0 Å². The minimum atomic E-state index is -0.919. The molecule has 0 bridgehead atoms. The molecular formula is C33H34FNO3. The van der Waals surface area contributed by atoms with Gasteiger partial charge >= 0.3 is 5.97 Å². The van der Waals surface area contributed by atoms with Crippen molar-refractivity contribution >= 4 is 5.97 Å². The molecule has 4 rings (SSSR count). The van der Waals surface area contributed by atoms with E-state index in [0.29, 0.717) is 11.1 Å². The summed E-state index contributed by atoms with van der Waals surface area (Å²) in [4.78, 5) is 13.8. The van der Waals surface area contributed by atoms with Gasteiger partial charge in [0.2, 0.25) is 0 Å². The van der Waals surface area contributed by atoms with Crippen LogP contribution in [0.5, 0.6) is 5.75 Å². The average molecular weight is 512 g/mol. The predicted molar refractivity (Wildman–Crippen MR) is 149 cm³/mol. The fourth-order valence-electron chi connectivity index (χ4n) is 4.80. The number of hydrogen-bond donors (Lipinski definition) is 2. The van der Waals surface area contributed by atoms with Gasteiger partial charge in [-0.1, -0.05) is 97.1 Å². The Bertz CT molecular complexity index is 1240. The zero-order valence-corrected chi connectivity index (χ0v) is 22.0. The molecule has 2 N–H and O–H groups in total. The van der Waals surface area contributed by atoms with Crippen LogP contribution in [-0.2, 0) is 28.2 Å². The number of carbonyl (C=O) groups excluding carboxylic acids is 1. The number of rotatable bonds is 9. The quantitative estimate of drug-likeness (QED) is 0.194. The van der Waals surface area contributed by atoms with Crippen LogP contribution in [0.1, 0.15) is 48.6 Å². The van der Waals surface area contributed by atoms with Crippen molar-refractivity contribution in [3.8, 4) is 5.75 Å². The summed E-state index contributed by atoms with van der Waals surface area (Å²) in [5, 5.41) is 13.6. The molecule has 0 radical (unpaired) electrons. The minimum absolute atomic E-state index is 0.0182. The normalized spacial score (nSPS) is 12.6. The molecule has 4 nitrogen and oxygen atoms in total. The van der Waals surface area contributed by atoms with Crippen molar-refractivity contribution in [2.45, 2.75) is 51.0 Å². The SMILES string of the molecule is CC(C)(C)OC(=O)[C@@H](Cc1ccc(O)cc1CF)NC(c1ccccc1)(c1ccccc1)c1ccccc1. The van der Waals surface area contributed by atoms with Gasteiger partial charge in [-0.3, -0.25) is 10.1 Å². The van der Waals surface area contributed by atoms with E-state index in [0.717, 1.165) is 16.7 Å². The van der Waals surface area contributed by atoms with Gasteiger partial charge in [0, 0.05) is 0 Å². The molecule has 5 heteroatoms. The van der Waals surface area contributed by atoms with Gasteiger partial charge in [-0.15, -0.1) is 0 Å². The average Bonchev–Trinajstić information content (AvgIpc) is 2.92. The third kappa shape index (κ3) is 6.12. The Hall–Kier alpha value is -3.96. The van der Waals surface area contributed by atoms with Crippen LogP contribution in [0.25, 0.3) is 0 Å². The number of esters is 1. The highest BCUT2D eigenvalue weighted by molar-refractivity contribution is 5.77. The van der Waals surface area contributed by atoms with Crippen molar-refractivity contribution < 1.29 is 19.0 Å². The van der Waals surface area contributed by atoms with Gasteiger partial charge in [0.05, 0.1) is 5.54 Å². The fourth-order valence-corrected chi connectivity index (χ4v) is 4.80. The molecule has 0 aliphatic carbocycles. The molecule has 4 aromatic rings. The number of halogens is 1. The molecule has 0 heterocycles. The molecular weight excluding hydrogens is 477 g/mol. The van der Waals surface area contributed by atoms with E-state index < -0.39 is 29.8 Å². The van der Waals surface area contributed by atoms with Gasteiger partial charge in [0.1, 0.15) is 24.1 Å². The van der Waals surface area contributed by atoms with E-state index in [1.165, 1.54) is 12.1 Å². The first-order valence-electron chi connectivity index (χ1n) is 12.8. The molecule has 0 unspecified atom stereocenters. The Morgan fingerprint density at radius 3 is 1.68 bits per heavy atom. The number of hydrogen-bond acceptors (Lipinski definition) is 4. The zero-order chi connectivity index (χ0) is 27.2. The maximum absolute atomic E-state index is 14.0. The lowest BCUT2D eigenvalue weighted by Gasteiger charge is -2.40. The monoisotopic (exact) mass is 511 g/mol. The number of ether oxygens (including phenoxy) is 1. The van der Waals surface area contributed by atoms with Gasteiger partial charge in [-0.2, -0.15) is 0 Å². The Morgan fingerprint density at radius 1 is 0.789 bits per heavy atom. The molecule has 38 heavy (non-hydrogen) atoms. The second-order valence-electron chi connectivity index (χ2n) is 10.4. The third-order valence-electron chi connectivity index (χ3n) is 6.46. The van der Waals surface area contributed by atoms with Crippen molar-refractivity contribution in [2.24, 2.45) is 0 Å². The van der Waals surface area contributed by atoms with Crippen LogP contribution in [-0.4, -0.2) is 22.7 Å². The largest absolute Gasteiger partial charge is 0.508 e. The van der Waals surface area contributed by atoms with Gasteiger partial charge in [0.25, 0.3) is 0 Å². The lowest BCUT2D eigenvalue weighted by molar-refractivity contribution is -0.157. The van der Waals surface area contributed by atoms with Crippen molar-refractivity contribution in [3.05, 3.63) is 137 Å². The Morgan fingerprint density at radius 2 is 1.26 bits per heavy atom. The molecule has 0 aromatic heterocycles. The summed E-state index contributed by atoms with van der Waals surface area (Å²) in [7, 11) is 0. The highest BCUT2D eigenvalue weighted by atomic mass is 19.1. The fraction of sp³-hybridized carbons (Fsp3) is 0.242. The van der Waals surface area contributed by atoms with Gasteiger partial charge in [0.15, 0.2) is 0 Å². The highest BCUT2D eigenvalue weighted by Gasteiger charge is 2.41. The predicted octanol–water partition coefficient (Wildman–Crippen LogP) is 6.70. The zero-order valence-electron chi connectivity index (χ0n) is 22.0. The van der Waals surface area contributed by atoms with Crippen LogP contribution in [0.3, 0.4) is 0 Å². The number of aromatic hydroxyl groups is 1. The van der Waals surface area contributed by atoms with E-state index in [1.54, 1.807) is 6.07 Å². The number of carbonyl (C=O) groups is 1. The summed E-state index contributed by atoms with van der Waals surface area (Å²) in [6, 6.07) is 33.7. The van der Waals surface area contributed by atoms with Crippen LogP contribution in [0.2, 0.25) is 0 Å². The minimum Gasteiger partial charge on any atom is -0.508 e. The molecule has 1 atom stereocenters. The van der Waals surface area contributed by atoms with E-state index in [-0.39, 0.29) is 12.2 Å². The Kier molecular flexibility index (Phi) is 8.28. The summed E-state index contributed by atoms with van der Waals surface area (Å²) >= 11 is 0. The van der Waals surface area contributed by atoms with Crippen LogP contribution in [0.4, 0.5) is 4.39 Å². The van der Waals surface area contributed by atoms with Crippen LogP contribution >= 0.6 is 0 Å². The smallest absolute Gasteiger partial charge is 0.324 e. The summed E-state index contributed by atoms with van der Waals surface area (Å²) < 4.78 is 19.9. The summed E-state index contributed by atoms with van der Waals surface area (Å²) in [6.07, 6.45) is 0.169. The molecule has 0 fully saturated rings. The standard InChI is InChI=1S/C33H34FNO3/c1-32(2,3)38-31(37)30(22-24-19-20-29(36)21-25(24)23-34)35-33(26-13-7-4-8-14-26,27-15-9-5-10-16-27)28-17-11-6-12-18-28/h4-21,30,35-36H,22-23H2,1-3H3/t30-/m1/s1. The van der Waals surface area contributed by atoms with E-state index in [9.17, 15) is 14.3 Å². The molecule has 0 spiro atoms. The van der Waals surface area contributed by atoms with Crippen molar-refractivity contribution in [2.75, 3.05) is 0 Å². The van der Waals surface area contributed by atoms with Crippen LogP contribution in [0, 0.1) is 0 Å². The second-order valence-corrected chi connectivity index (χ2v) is 10.4. The van der Waals surface area contributed by atoms with E-state index in [1.807, 2.05) is 112 Å². The van der Waals surface area contributed by atoms with Gasteiger partial charge in [-0.05, 0) is 67.1 Å². The molecule has 0 aliphatic heterocycles. The van der Waals surface area contributed by atoms with Crippen LogP contribution in [0.15, 0.2) is 109 Å². The Balaban J connectivity index is 1.92. The number of alkyl halides is 1. The van der Waals surface area contributed by atoms with E-state index in [2.05, 4.69) is 5.32 Å². The highest BCUT2D eigenvalue weighted by Crippen LogP contribution is 2.38. The van der Waals surface area contributed by atoms with Gasteiger partial charge in [-0.25, -0.2) is 4.39 Å². The van der Waals surface area contributed by atoms with E-state index >= 15 is 0 Å². The number of benzene rings is 4. The maximum atomic E-state index is 14.0. The molecule has 0 saturated carbocycles. The topological polar surface area (TPSA) is 58.6 Å².